The Kier molecular flexibility index (Phi) is 7.67. The number of aryl methyl sites for hydroxylation is 2. The Hall–Kier alpha value is -2.62. The van der Waals surface area contributed by atoms with Gasteiger partial charge in [0, 0.05) is 12.6 Å². The molecule has 1 saturated carbocycles. The molecule has 0 aromatic heterocycles. The number of amides is 2. The fourth-order valence-electron chi connectivity index (χ4n) is 4.28. The molecule has 1 aliphatic carbocycles. The van der Waals surface area contributed by atoms with Crippen LogP contribution in [0.1, 0.15) is 61.3 Å². The highest BCUT2D eigenvalue weighted by molar-refractivity contribution is 5.88. The molecular formula is C26H34N2O2. The number of hydrogen-bond acceptors (Lipinski definition) is 2. The number of benzene rings is 2. The topological polar surface area (TPSA) is 49.4 Å². The molecule has 1 aliphatic rings. The molecule has 2 aromatic rings. The first-order valence-electron chi connectivity index (χ1n) is 11.2. The first-order chi connectivity index (χ1) is 14.5. The predicted molar refractivity (Wildman–Crippen MR) is 121 cm³/mol. The number of carbonyl (C=O) groups is 2. The zero-order valence-electron chi connectivity index (χ0n) is 18.5. The van der Waals surface area contributed by atoms with E-state index in [0.29, 0.717) is 19.4 Å². The maximum atomic E-state index is 13.4. The van der Waals surface area contributed by atoms with Gasteiger partial charge in [-0.3, -0.25) is 9.59 Å². The Morgan fingerprint density at radius 1 is 1.00 bits per heavy atom. The zero-order valence-corrected chi connectivity index (χ0v) is 18.5. The van der Waals surface area contributed by atoms with Crippen LogP contribution in [0, 0.1) is 13.8 Å². The van der Waals surface area contributed by atoms with Crippen molar-refractivity contribution in [3.05, 3.63) is 70.8 Å². The Labute approximate surface area is 180 Å². The van der Waals surface area contributed by atoms with Crippen molar-refractivity contribution in [2.24, 2.45) is 0 Å². The van der Waals surface area contributed by atoms with Gasteiger partial charge in [-0.15, -0.1) is 0 Å². The highest BCUT2D eigenvalue weighted by atomic mass is 16.2. The van der Waals surface area contributed by atoms with Gasteiger partial charge in [-0.25, -0.2) is 0 Å². The third-order valence-electron chi connectivity index (χ3n) is 6.00. The molecule has 0 saturated heterocycles. The first-order valence-corrected chi connectivity index (χ1v) is 11.2. The van der Waals surface area contributed by atoms with Crippen LogP contribution in [0.15, 0.2) is 48.5 Å². The summed E-state index contributed by atoms with van der Waals surface area (Å²) in [5.41, 5.74) is 4.35. The average Bonchev–Trinajstić information content (AvgIpc) is 3.22. The summed E-state index contributed by atoms with van der Waals surface area (Å²) in [4.78, 5) is 28.3. The lowest BCUT2D eigenvalue weighted by atomic mass is 10.0. The van der Waals surface area contributed by atoms with Crippen molar-refractivity contribution in [1.82, 2.24) is 10.2 Å². The van der Waals surface area contributed by atoms with Crippen LogP contribution in [0.25, 0.3) is 0 Å². The Bertz CT molecular complexity index is 854. The van der Waals surface area contributed by atoms with Gasteiger partial charge in [0.25, 0.3) is 0 Å². The third kappa shape index (κ3) is 5.94. The molecule has 0 spiro atoms. The fraction of sp³-hybridized carbons (Fsp3) is 0.462. The predicted octanol–water partition coefficient (Wildman–Crippen LogP) is 4.71. The largest absolute Gasteiger partial charge is 0.352 e. The summed E-state index contributed by atoms with van der Waals surface area (Å²) in [5, 5.41) is 3.20. The molecule has 1 fully saturated rings. The minimum atomic E-state index is -0.454. The molecule has 4 nitrogen and oxygen atoms in total. The van der Waals surface area contributed by atoms with Gasteiger partial charge in [0.05, 0.1) is 6.42 Å². The number of nitrogens with one attached hydrogen (secondary N) is 1. The smallest absolute Gasteiger partial charge is 0.243 e. The average molecular weight is 407 g/mol. The second-order valence-electron chi connectivity index (χ2n) is 8.59. The quantitative estimate of drug-likeness (QED) is 0.690. The van der Waals surface area contributed by atoms with Crippen LogP contribution in [-0.4, -0.2) is 28.8 Å². The summed E-state index contributed by atoms with van der Waals surface area (Å²) in [5.74, 6) is -0.0244. The lowest BCUT2D eigenvalue weighted by Gasteiger charge is -2.31. The standard InChI is InChI=1S/C26H34N2O2/c1-4-24(26(30)27-23-10-5-6-11-23)28(18-21-14-12-19(2)13-15-21)25(29)17-22-9-7-8-20(3)16-22/h7-9,12-16,23-24H,4-6,10-11,17-18H2,1-3H3,(H,27,30). The van der Waals surface area contributed by atoms with Crippen LogP contribution >= 0.6 is 0 Å². The number of hydrogen-bond donors (Lipinski definition) is 1. The Balaban J connectivity index is 1.81. The first kappa shape index (κ1) is 22.1. The van der Waals surface area contributed by atoms with Crippen LogP contribution < -0.4 is 5.32 Å². The molecule has 160 valence electrons. The maximum absolute atomic E-state index is 13.4. The molecule has 0 bridgehead atoms. The van der Waals surface area contributed by atoms with Crippen molar-refractivity contribution in [2.75, 3.05) is 0 Å². The fourth-order valence-corrected chi connectivity index (χ4v) is 4.28. The van der Waals surface area contributed by atoms with E-state index >= 15 is 0 Å². The molecule has 1 atom stereocenters. The normalized spacial score (nSPS) is 15.0. The van der Waals surface area contributed by atoms with Gasteiger partial charge >= 0.3 is 0 Å². The van der Waals surface area contributed by atoms with Crippen LogP contribution in [0.4, 0.5) is 0 Å². The van der Waals surface area contributed by atoms with Crippen LogP contribution in [-0.2, 0) is 22.6 Å². The number of nitrogens with zero attached hydrogens (tertiary/aromatic N) is 1. The van der Waals surface area contributed by atoms with Crippen LogP contribution in [0.5, 0.6) is 0 Å². The molecule has 0 radical (unpaired) electrons. The van der Waals surface area contributed by atoms with E-state index in [1.807, 2.05) is 57.2 Å². The van der Waals surface area contributed by atoms with Crippen molar-refractivity contribution >= 4 is 11.8 Å². The molecule has 1 N–H and O–H groups in total. The molecule has 0 aliphatic heterocycles. The molecule has 3 rings (SSSR count). The van der Waals surface area contributed by atoms with Crippen molar-refractivity contribution in [3.63, 3.8) is 0 Å². The van der Waals surface area contributed by atoms with E-state index in [0.717, 1.165) is 29.5 Å². The molecule has 2 aromatic carbocycles. The highest BCUT2D eigenvalue weighted by Crippen LogP contribution is 2.20. The summed E-state index contributed by atoms with van der Waals surface area (Å²) < 4.78 is 0. The Morgan fingerprint density at radius 2 is 1.70 bits per heavy atom. The second-order valence-corrected chi connectivity index (χ2v) is 8.59. The van der Waals surface area contributed by atoms with E-state index in [1.54, 1.807) is 4.90 Å². The molecular weight excluding hydrogens is 372 g/mol. The van der Waals surface area contributed by atoms with E-state index in [2.05, 4.69) is 17.4 Å². The van der Waals surface area contributed by atoms with Gasteiger partial charge in [0.1, 0.15) is 6.04 Å². The third-order valence-corrected chi connectivity index (χ3v) is 6.00. The molecule has 2 amide bonds. The van der Waals surface area contributed by atoms with Gasteiger partial charge in [0.2, 0.25) is 11.8 Å². The van der Waals surface area contributed by atoms with Gasteiger partial charge < -0.3 is 10.2 Å². The second kappa shape index (κ2) is 10.4. The molecule has 30 heavy (non-hydrogen) atoms. The maximum Gasteiger partial charge on any atom is 0.243 e. The molecule has 0 heterocycles. The van der Waals surface area contributed by atoms with E-state index in [1.165, 1.54) is 18.4 Å². The summed E-state index contributed by atoms with van der Waals surface area (Å²) in [6, 6.07) is 16.0. The minimum Gasteiger partial charge on any atom is -0.352 e. The van der Waals surface area contributed by atoms with Crippen LogP contribution in [0.3, 0.4) is 0 Å². The van der Waals surface area contributed by atoms with E-state index in [4.69, 9.17) is 0 Å². The van der Waals surface area contributed by atoms with E-state index in [-0.39, 0.29) is 17.9 Å². The van der Waals surface area contributed by atoms with Crippen LogP contribution in [0.2, 0.25) is 0 Å². The van der Waals surface area contributed by atoms with E-state index < -0.39 is 6.04 Å². The summed E-state index contributed by atoms with van der Waals surface area (Å²) >= 11 is 0. The van der Waals surface area contributed by atoms with Crippen molar-refractivity contribution in [1.29, 1.82) is 0 Å². The van der Waals surface area contributed by atoms with Crippen molar-refractivity contribution in [2.45, 2.75) is 77.9 Å². The monoisotopic (exact) mass is 406 g/mol. The van der Waals surface area contributed by atoms with Gasteiger partial charge in [-0.05, 0) is 44.2 Å². The highest BCUT2D eigenvalue weighted by Gasteiger charge is 2.30. The van der Waals surface area contributed by atoms with Gasteiger partial charge in [-0.1, -0.05) is 79.4 Å². The lowest BCUT2D eigenvalue weighted by molar-refractivity contribution is -0.141. The SMILES string of the molecule is CCC(C(=O)NC1CCCC1)N(Cc1ccc(C)cc1)C(=O)Cc1cccc(C)c1. The number of rotatable bonds is 8. The number of carbonyl (C=O) groups excluding carboxylic acids is 2. The van der Waals surface area contributed by atoms with Crippen molar-refractivity contribution in [3.8, 4) is 0 Å². The lowest BCUT2D eigenvalue weighted by Crippen LogP contribution is -2.51. The van der Waals surface area contributed by atoms with Gasteiger partial charge in [0.15, 0.2) is 0 Å². The molecule has 4 heteroatoms. The molecule has 1 unspecified atom stereocenters. The summed E-state index contributed by atoms with van der Waals surface area (Å²) in [6.45, 7) is 6.51. The summed E-state index contributed by atoms with van der Waals surface area (Å²) in [7, 11) is 0. The van der Waals surface area contributed by atoms with Crippen molar-refractivity contribution < 1.29 is 9.59 Å². The zero-order chi connectivity index (χ0) is 21.5. The summed E-state index contributed by atoms with van der Waals surface area (Å²) in [6.07, 6.45) is 5.32. The Morgan fingerprint density at radius 3 is 2.33 bits per heavy atom. The van der Waals surface area contributed by atoms with Gasteiger partial charge in [-0.2, -0.15) is 0 Å². The minimum absolute atomic E-state index is 0.00500. The van der Waals surface area contributed by atoms with E-state index in [9.17, 15) is 9.59 Å².